The Hall–Kier alpha value is -4.05. The Morgan fingerprint density at radius 3 is 2.50 bits per heavy atom. The zero-order valence-corrected chi connectivity index (χ0v) is 22.7. The molecule has 208 valence electrons. The van der Waals surface area contributed by atoms with Crippen LogP contribution in [0, 0.1) is 18.7 Å². The highest BCUT2D eigenvalue weighted by Gasteiger charge is 2.32. The highest BCUT2D eigenvalue weighted by molar-refractivity contribution is 5.79. The molecule has 0 bridgehead atoms. The number of nitrogens with zero attached hydrogens (tertiary/aromatic N) is 6. The van der Waals surface area contributed by atoms with E-state index in [1.165, 1.54) is 16.7 Å². The molecule has 2 aliphatic heterocycles. The summed E-state index contributed by atoms with van der Waals surface area (Å²) in [5.41, 5.74) is 8.68. The number of carbonyl (C=O) groups excluding carboxylic acids is 1. The van der Waals surface area contributed by atoms with Crippen molar-refractivity contribution in [2.75, 3.05) is 31.9 Å². The van der Waals surface area contributed by atoms with Gasteiger partial charge >= 0.3 is 5.69 Å². The van der Waals surface area contributed by atoms with Gasteiger partial charge in [-0.05, 0) is 87.7 Å². The van der Waals surface area contributed by atoms with Crippen LogP contribution >= 0.6 is 0 Å². The number of pyridine rings is 2. The van der Waals surface area contributed by atoms with Gasteiger partial charge in [-0.3, -0.25) is 14.3 Å². The Morgan fingerprint density at radius 2 is 1.77 bits per heavy atom. The first kappa shape index (κ1) is 26.2. The Labute approximate surface area is 232 Å². The standard InChI is InChI=1S/C30H34FN7O2/c1-20-3-2-4-28(34-20)38-26-18-23(31)5-6-25(26)37(30(38)40)24-10-15-36(16-11-24)29(39)22-8-13-35(14-9-22)19-21-7-12-33-27(32)17-21/h2-7,12,17-18,22,24H,8-11,13-16,19H2,1H3,(H2,32,33). The molecule has 0 spiro atoms. The summed E-state index contributed by atoms with van der Waals surface area (Å²) in [6.07, 6.45) is 4.74. The molecule has 2 aliphatic rings. The fourth-order valence-electron chi connectivity index (χ4n) is 6.21. The summed E-state index contributed by atoms with van der Waals surface area (Å²) < 4.78 is 17.5. The summed E-state index contributed by atoms with van der Waals surface area (Å²) in [6.45, 7) is 5.61. The number of nitrogen functional groups attached to an aromatic ring is 1. The second kappa shape index (κ2) is 10.8. The monoisotopic (exact) mass is 543 g/mol. The van der Waals surface area contributed by atoms with Crippen molar-refractivity contribution in [3.05, 3.63) is 82.3 Å². The summed E-state index contributed by atoms with van der Waals surface area (Å²) >= 11 is 0. The van der Waals surface area contributed by atoms with Crippen molar-refractivity contribution in [1.29, 1.82) is 0 Å². The van der Waals surface area contributed by atoms with Crippen molar-refractivity contribution in [3.8, 4) is 5.82 Å². The predicted octanol–water partition coefficient (Wildman–Crippen LogP) is 3.69. The minimum Gasteiger partial charge on any atom is -0.384 e. The molecule has 5 heterocycles. The molecule has 4 aromatic rings. The van der Waals surface area contributed by atoms with Gasteiger partial charge in [0.25, 0.3) is 0 Å². The van der Waals surface area contributed by atoms with Crippen LogP contribution in [0.4, 0.5) is 10.2 Å². The lowest BCUT2D eigenvalue weighted by atomic mass is 9.93. The summed E-state index contributed by atoms with van der Waals surface area (Å²) in [4.78, 5) is 40.0. The lowest BCUT2D eigenvalue weighted by Gasteiger charge is -2.37. The first-order valence-corrected chi connectivity index (χ1v) is 14.0. The third-order valence-electron chi connectivity index (χ3n) is 8.27. The van der Waals surface area contributed by atoms with E-state index in [9.17, 15) is 14.0 Å². The van der Waals surface area contributed by atoms with E-state index in [0.717, 1.165) is 43.7 Å². The summed E-state index contributed by atoms with van der Waals surface area (Å²) in [6, 6.07) is 13.7. The molecule has 40 heavy (non-hydrogen) atoms. The van der Waals surface area contributed by atoms with Gasteiger partial charge in [-0.25, -0.2) is 23.7 Å². The predicted molar refractivity (Wildman–Crippen MR) is 152 cm³/mol. The van der Waals surface area contributed by atoms with Crippen LogP contribution in [0.15, 0.2) is 59.5 Å². The molecule has 0 aliphatic carbocycles. The van der Waals surface area contributed by atoms with Crippen LogP contribution in [-0.2, 0) is 11.3 Å². The third kappa shape index (κ3) is 5.11. The fraction of sp³-hybridized carbons (Fsp3) is 0.400. The largest absolute Gasteiger partial charge is 0.384 e. The molecule has 0 saturated carbocycles. The van der Waals surface area contributed by atoms with Gasteiger partial charge in [-0.15, -0.1) is 0 Å². The maximum atomic E-state index is 14.3. The zero-order valence-electron chi connectivity index (χ0n) is 22.7. The molecule has 1 amide bonds. The number of aromatic nitrogens is 4. The van der Waals surface area contributed by atoms with Crippen molar-refractivity contribution in [2.24, 2.45) is 5.92 Å². The average molecular weight is 544 g/mol. The molecular formula is C30H34FN7O2. The second-order valence-electron chi connectivity index (χ2n) is 11.0. The van der Waals surface area contributed by atoms with E-state index in [2.05, 4.69) is 14.9 Å². The molecule has 0 atom stereocenters. The molecule has 2 fully saturated rings. The maximum absolute atomic E-state index is 14.3. The lowest BCUT2D eigenvalue weighted by molar-refractivity contribution is -0.138. The van der Waals surface area contributed by atoms with Crippen LogP contribution in [0.5, 0.6) is 0 Å². The van der Waals surface area contributed by atoms with E-state index >= 15 is 0 Å². The number of rotatable bonds is 5. The van der Waals surface area contributed by atoms with Crippen molar-refractivity contribution in [1.82, 2.24) is 28.9 Å². The van der Waals surface area contributed by atoms with E-state index in [1.807, 2.05) is 36.1 Å². The topological polar surface area (TPSA) is 102 Å². The average Bonchev–Trinajstić information content (AvgIpc) is 3.24. The molecule has 0 unspecified atom stereocenters. The second-order valence-corrected chi connectivity index (χ2v) is 11.0. The van der Waals surface area contributed by atoms with Crippen LogP contribution in [0.1, 0.15) is 43.0 Å². The molecule has 6 rings (SSSR count). The number of fused-ring (bicyclic) bond motifs is 1. The lowest BCUT2D eigenvalue weighted by Crippen LogP contribution is -2.46. The Bertz CT molecular complexity index is 1600. The van der Waals surface area contributed by atoms with Crippen LogP contribution in [0.25, 0.3) is 16.9 Å². The Morgan fingerprint density at radius 1 is 1.00 bits per heavy atom. The van der Waals surface area contributed by atoms with E-state index in [4.69, 9.17) is 5.73 Å². The fourth-order valence-corrected chi connectivity index (χ4v) is 6.21. The molecular weight excluding hydrogens is 509 g/mol. The third-order valence-corrected chi connectivity index (χ3v) is 8.27. The summed E-state index contributed by atoms with van der Waals surface area (Å²) in [5.74, 6) is 0.840. The molecule has 9 nitrogen and oxygen atoms in total. The normalized spacial score (nSPS) is 17.5. The maximum Gasteiger partial charge on any atom is 0.335 e. The van der Waals surface area contributed by atoms with Crippen molar-refractivity contribution in [3.63, 3.8) is 0 Å². The number of imidazole rings is 1. The van der Waals surface area contributed by atoms with Gasteiger partial charge in [0, 0.05) is 49.6 Å². The van der Waals surface area contributed by atoms with E-state index in [-0.39, 0.29) is 23.6 Å². The number of hydrogen-bond acceptors (Lipinski definition) is 6. The number of carbonyl (C=O) groups is 1. The number of piperidine rings is 2. The molecule has 1 aromatic carbocycles. The minimum absolute atomic E-state index is 0.0234. The van der Waals surface area contributed by atoms with Crippen molar-refractivity contribution >= 4 is 22.8 Å². The number of hydrogen-bond donors (Lipinski definition) is 1. The number of benzene rings is 1. The number of likely N-dealkylation sites (tertiary alicyclic amines) is 2. The van der Waals surface area contributed by atoms with Crippen LogP contribution in [0.3, 0.4) is 0 Å². The molecule has 0 radical (unpaired) electrons. The SMILES string of the molecule is Cc1cccc(-n2c(=O)n(C3CCN(C(=O)C4CCN(Cc5ccnc(N)c5)CC4)CC3)c3ccc(F)cc32)n1. The van der Waals surface area contributed by atoms with E-state index in [0.29, 0.717) is 48.6 Å². The summed E-state index contributed by atoms with van der Waals surface area (Å²) in [5, 5.41) is 0. The summed E-state index contributed by atoms with van der Waals surface area (Å²) in [7, 11) is 0. The van der Waals surface area contributed by atoms with Gasteiger partial charge in [0.05, 0.1) is 11.0 Å². The molecule has 10 heteroatoms. The van der Waals surface area contributed by atoms with Crippen molar-refractivity contribution in [2.45, 2.75) is 45.2 Å². The van der Waals surface area contributed by atoms with Gasteiger partial charge in [0.1, 0.15) is 17.5 Å². The van der Waals surface area contributed by atoms with Gasteiger partial charge in [-0.1, -0.05) is 6.07 Å². The van der Waals surface area contributed by atoms with E-state index < -0.39 is 5.82 Å². The van der Waals surface area contributed by atoms with E-state index in [1.54, 1.807) is 22.9 Å². The zero-order chi connectivity index (χ0) is 27.8. The smallest absolute Gasteiger partial charge is 0.335 e. The number of amides is 1. The number of anilines is 1. The minimum atomic E-state index is -0.401. The van der Waals surface area contributed by atoms with Crippen molar-refractivity contribution < 1.29 is 9.18 Å². The number of aryl methyl sites for hydroxylation is 1. The highest BCUT2D eigenvalue weighted by atomic mass is 19.1. The molecule has 2 saturated heterocycles. The van der Waals surface area contributed by atoms with Crippen LogP contribution in [0.2, 0.25) is 0 Å². The van der Waals surface area contributed by atoms with Crippen LogP contribution < -0.4 is 11.4 Å². The van der Waals surface area contributed by atoms with Gasteiger partial charge < -0.3 is 10.6 Å². The Balaban J connectivity index is 1.13. The first-order chi connectivity index (χ1) is 19.4. The van der Waals surface area contributed by atoms with Gasteiger partial charge in [-0.2, -0.15) is 0 Å². The molecule has 2 N–H and O–H groups in total. The first-order valence-electron chi connectivity index (χ1n) is 14.0. The number of nitrogens with two attached hydrogens (primary N) is 1. The van der Waals surface area contributed by atoms with Gasteiger partial charge in [0.15, 0.2) is 0 Å². The van der Waals surface area contributed by atoms with Gasteiger partial charge in [0.2, 0.25) is 5.91 Å². The molecule has 3 aromatic heterocycles. The highest BCUT2D eigenvalue weighted by Crippen LogP contribution is 2.29. The number of halogens is 1. The quantitative estimate of drug-likeness (QED) is 0.412. The van der Waals surface area contributed by atoms with Crippen LogP contribution in [-0.4, -0.2) is 61.0 Å². The Kier molecular flexibility index (Phi) is 7.10.